The summed E-state index contributed by atoms with van der Waals surface area (Å²) in [5, 5.41) is 0. The van der Waals surface area contributed by atoms with Crippen LogP contribution in [0.3, 0.4) is 0 Å². The lowest BCUT2D eigenvalue weighted by Crippen LogP contribution is -2.10. The van der Waals surface area contributed by atoms with Crippen LogP contribution in [0, 0.1) is 11.8 Å². The zero-order valence-electron chi connectivity index (χ0n) is 6.52. The third-order valence-electron chi connectivity index (χ3n) is 2.32. The van der Waals surface area contributed by atoms with Gasteiger partial charge in [-0.05, 0) is 29.7 Å². The van der Waals surface area contributed by atoms with Crippen LogP contribution < -0.4 is 0 Å². The van der Waals surface area contributed by atoms with Crippen LogP contribution in [-0.2, 0) is 0 Å². The van der Waals surface area contributed by atoms with Crippen molar-refractivity contribution >= 4 is 15.9 Å². The van der Waals surface area contributed by atoms with E-state index in [1.807, 2.05) is 4.99 Å². The smallest absolute Gasteiger partial charge is 0.0223 e. The van der Waals surface area contributed by atoms with Crippen molar-refractivity contribution in [2.75, 3.05) is 0 Å². The molecule has 2 atom stereocenters. The number of hydrogen-bond donors (Lipinski definition) is 0. The molecule has 1 heteroatoms. The lowest BCUT2D eigenvalue weighted by molar-refractivity contribution is 0.325. The molecule has 0 bridgehead atoms. The van der Waals surface area contributed by atoms with Gasteiger partial charge in [-0.1, -0.05) is 41.8 Å². The maximum atomic E-state index is 3.32. The molecule has 1 saturated carbocycles. The summed E-state index contributed by atoms with van der Waals surface area (Å²) in [7, 11) is 0. The first-order valence-corrected chi connectivity index (χ1v) is 5.01. The fraction of sp³-hybridized carbons (Fsp3) is 0.778. The van der Waals surface area contributed by atoms with Gasteiger partial charge in [0.2, 0.25) is 0 Å². The predicted octanol–water partition coefficient (Wildman–Crippen LogP) is 3.72. The van der Waals surface area contributed by atoms with E-state index in [1.54, 1.807) is 0 Å². The lowest BCUT2D eigenvalue weighted by atomic mass is 9.83. The Bertz CT molecular complexity index is 118. The van der Waals surface area contributed by atoms with Crippen molar-refractivity contribution in [3.63, 3.8) is 0 Å². The van der Waals surface area contributed by atoms with E-state index in [1.165, 1.54) is 25.7 Å². The molecule has 0 saturated heterocycles. The van der Waals surface area contributed by atoms with Crippen LogP contribution in [0.4, 0.5) is 0 Å². The molecule has 0 heterocycles. The molecule has 0 aromatic rings. The summed E-state index contributed by atoms with van der Waals surface area (Å²) in [5.41, 5.74) is 0. The summed E-state index contributed by atoms with van der Waals surface area (Å²) in [6, 6.07) is 0. The number of hydrogen-bond acceptors (Lipinski definition) is 0. The van der Waals surface area contributed by atoms with Crippen LogP contribution in [0.1, 0.15) is 32.6 Å². The average molecular weight is 203 g/mol. The Morgan fingerprint density at radius 2 is 2.20 bits per heavy atom. The first-order chi connectivity index (χ1) is 4.83. The summed E-state index contributed by atoms with van der Waals surface area (Å²) in [6.45, 7) is 2.36. The van der Waals surface area contributed by atoms with Crippen LogP contribution in [0.15, 0.2) is 11.1 Å². The molecule has 0 amide bonds. The van der Waals surface area contributed by atoms with E-state index in [0.29, 0.717) is 0 Å². The van der Waals surface area contributed by atoms with Crippen LogP contribution in [0.2, 0.25) is 0 Å². The molecule has 10 heavy (non-hydrogen) atoms. The van der Waals surface area contributed by atoms with Crippen molar-refractivity contribution in [3.8, 4) is 0 Å². The fourth-order valence-electron chi connectivity index (χ4n) is 1.76. The highest BCUT2D eigenvalue weighted by molar-refractivity contribution is 9.11. The minimum absolute atomic E-state index is 0.850. The van der Waals surface area contributed by atoms with E-state index >= 15 is 0 Å². The highest BCUT2D eigenvalue weighted by atomic mass is 79.9. The predicted molar refractivity (Wildman–Crippen MR) is 49.2 cm³/mol. The first-order valence-electron chi connectivity index (χ1n) is 4.10. The minimum atomic E-state index is 0.850. The Kier molecular flexibility index (Phi) is 3.47. The van der Waals surface area contributed by atoms with Crippen LogP contribution in [0.5, 0.6) is 0 Å². The monoisotopic (exact) mass is 202 g/mol. The Morgan fingerprint density at radius 3 is 2.80 bits per heavy atom. The molecular formula is C9H15Br. The highest BCUT2D eigenvalue weighted by Crippen LogP contribution is 2.29. The molecule has 0 aromatic heterocycles. The van der Waals surface area contributed by atoms with E-state index < -0.39 is 0 Å². The topological polar surface area (TPSA) is 0 Å². The Labute approximate surface area is 71.8 Å². The van der Waals surface area contributed by atoms with Crippen molar-refractivity contribution in [2.45, 2.75) is 32.6 Å². The van der Waals surface area contributed by atoms with Gasteiger partial charge in [-0.25, -0.2) is 0 Å². The maximum Gasteiger partial charge on any atom is -0.0223 e. The van der Waals surface area contributed by atoms with Gasteiger partial charge in [0.05, 0.1) is 0 Å². The van der Waals surface area contributed by atoms with Gasteiger partial charge in [-0.2, -0.15) is 0 Å². The van der Waals surface area contributed by atoms with E-state index in [4.69, 9.17) is 0 Å². The molecule has 58 valence electrons. The van der Waals surface area contributed by atoms with Crippen molar-refractivity contribution in [2.24, 2.45) is 11.8 Å². The molecule has 0 N–H and O–H groups in total. The van der Waals surface area contributed by atoms with Crippen LogP contribution >= 0.6 is 15.9 Å². The average Bonchev–Trinajstić information content (AvgIpc) is 1.88. The summed E-state index contributed by atoms with van der Waals surface area (Å²) < 4.78 is 0. The quantitative estimate of drug-likeness (QED) is 0.609. The second kappa shape index (κ2) is 4.17. The summed E-state index contributed by atoms with van der Waals surface area (Å²) >= 11 is 3.32. The second-order valence-electron chi connectivity index (χ2n) is 3.35. The molecule has 1 fully saturated rings. The van der Waals surface area contributed by atoms with E-state index in [0.717, 1.165) is 11.8 Å². The summed E-state index contributed by atoms with van der Waals surface area (Å²) in [5.74, 6) is 1.80. The summed E-state index contributed by atoms with van der Waals surface area (Å²) in [6.07, 6.45) is 7.93. The zero-order chi connectivity index (χ0) is 7.40. The molecule has 0 spiro atoms. The number of allylic oxidation sites excluding steroid dienone is 1. The van der Waals surface area contributed by atoms with Crippen molar-refractivity contribution in [3.05, 3.63) is 11.1 Å². The van der Waals surface area contributed by atoms with Crippen LogP contribution in [0.25, 0.3) is 0 Å². The molecule has 2 unspecified atom stereocenters. The molecule has 0 aliphatic heterocycles. The maximum absolute atomic E-state index is 3.32. The second-order valence-corrected chi connectivity index (χ2v) is 3.88. The molecule has 1 aliphatic rings. The molecule has 0 aromatic carbocycles. The van der Waals surface area contributed by atoms with Crippen LogP contribution in [-0.4, -0.2) is 0 Å². The Morgan fingerprint density at radius 1 is 1.40 bits per heavy atom. The highest BCUT2D eigenvalue weighted by Gasteiger charge is 2.15. The largest absolute Gasteiger partial charge is 0.0745 e. The zero-order valence-corrected chi connectivity index (χ0v) is 8.10. The lowest BCUT2D eigenvalue weighted by Gasteiger charge is -2.23. The fourth-order valence-corrected chi connectivity index (χ4v) is 2.19. The van der Waals surface area contributed by atoms with Gasteiger partial charge in [0.15, 0.2) is 0 Å². The van der Waals surface area contributed by atoms with Gasteiger partial charge in [0.1, 0.15) is 0 Å². The molecular weight excluding hydrogens is 188 g/mol. The first kappa shape index (κ1) is 8.32. The van der Waals surface area contributed by atoms with Gasteiger partial charge >= 0.3 is 0 Å². The SMILES string of the molecule is CC1CCCC(/C=C/Br)C1. The van der Waals surface area contributed by atoms with Gasteiger partial charge in [-0.3, -0.25) is 0 Å². The van der Waals surface area contributed by atoms with Gasteiger partial charge in [0.25, 0.3) is 0 Å². The summed E-state index contributed by atoms with van der Waals surface area (Å²) in [4.78, 5) is 2.01. The van der Waals surface area contributed by atoms with Crippen molar-refractivity contribution in [1.29, 1.82) is 0 Å². The van der Waals surface area contributed by atoms with Gasteiger partial charge < -0.3 is 0 Å². The van der Waals surface area contributed by atoms with Crippen molar-refractivity contribution in [1.82, 2.24) is 0 Å². The van der Waals surface area contributed by atoms with E-state index in [-0.39, 0.29) is 0 Å². The number of rotatable bonds is 1. The van der Waals surface area contributed by atoms with Crippen molar-refractivity contribution < 1.29 is 0 Å². The minimum Gasteiger partial charge on any atom is -0.0745 e. The molecule has 1 aliphatic carbocycles. The molecule has 0 nitrogen and oxygen atoms in total. The van der Waals surface area contributed by atoms with Gasteiger partial charge in [-0.15, -0.1) is 0 Å². The van der Waals surface area contributed by atoms with E-state index in [9.17, 15) is 0 Å². The molecule has 1 rings (SSSR count). The normalized spacial score (nSPS) is 35.0. The molecule has 0 radical (unpaired) electrons. The standard InChI is InChI=1S/C9H15Br/c1-8-3-2-4-9(7-8)5-6-10/h5-6,8-9H,2-4,7H2,1H3/b6-5+. The van der Waals surface area contributed by atoms with Gasteiger partial charge in [0, 0.05) is 0 Å². The third-order valence-corrected chi connectivity index (χ3v) is 2.63. The third kappa shape index (κ3) is 2.45. The number of halogens is 1. The Balaban J connectivity index is 2.32. The Hall–Kier alpha value is 0.220. The van der Waals surface area contributed by atoms with E-state index in [2.05, 4.69) is 28.9 Å².